The van der Waals surface area contributed by atoms with Crippen LogP contribution in [0.2, 0.25) is 0 Å². The summed E-state index contributed by atoms with van der Waals surface area (Å²) < 4.78 is 0. The molecule has 0 radical (unpaired) electrons. The molecule has 1 amide bonds. The normalized spacial score (nSPS) is 22.0. The van der Waals surface area contributed by atoms with Crippen molar-refractivity contribution in [3.63, 3.8) is 0 Å². The Balaban J connectivity index is 2.03. The van der Waals surface area contributed by atoms with Crippen LogP contribution in [-0.4, -0.2) is 17.4 Å². The predicted octanol–water partition coefficient (Wildman–Crippen LogP) is 3.32. The average Bonchev–Trinajstić information content (AvgIpc) is 2.53. The number of rotatable bonds is 5. The van der Waals surface area contributed by atoms with Gasteiger partial charge in [0.15, 0.2) is 0 Å². The first-order valence-electron chi connectivity index (χ1n) is 8.21. The number of benzene rings is 1. The van der Waals surface area contributed by atoms with E-state index in [0.29, 0.717) is 19.0 Å². The molecule has 21 heavy (non-hydrogen) atoms. The Kier molecular flexibility index (Phi) is 5.80. The fourth-order valence-corrected chi connectivity index (χ4v) is 3.23. The van der Waals surface area contributed by atoms with E-state index >= 15 is 0 Å². The molecule has 3 nitrogen and oxygen atoms in total. The fraction of sp³-hybridized carbons (Fsp3) is 0.611. The monoisotopic (exact) mass is 288 g/mol. The van der Waals surface area contributed by atoms with Crippen molar-refractivity contribution in [3.8, 4) is 0 Å². The highest BCUT2D eigenvalue weighted by molar-refractivity contribution is 5.79. The molecular weight excluding hydrogens is 260 g/mol. The molecule has 0 aliphatic heterocycles. The molecule has 2 rings (SSSR count). The van der Waals surface area contributed by atoms with Crippen LogP contribution in [0.4, 0.5) is 0 Å². The molecule has 1 saturated carbocycles. The summed E-state index contributed by atoms with van der Waals surface area (Å²) in [6.07, 6.45) is 4.48. The molecule has 0 saturated heterocycles. The Bertz CT molecular complexity index is 464. The molecule has 0 unspecified atom stereocenters. The number of carbonyl (C=O) groups excluding carboxylic acids is 1. The van der Waals surface area contributed by atoms with Gasteiger partial charge in [-0.15, -0.1) is 0 Å². The van der Waals surface area contributed by atoms with Crippen molar-refractivity contribution in [2.45, 2.75) is 52.6 Å². The first kappa shape index (κ1) is 16.0. The summed E-state index contributed by atoms with van der Waals surface area (Å²) in [5.41, 5.74) is 8.12. The summed E-state index contributed by atoms with van der Waals surface area (Å²) >= 11 is 0. The van der Waals surface area contributed by atoms with E-state index in [-0.39, 0.29) is 5.92 Å². The highest BCUT2D eigenvalue weighted by atomic mass is 16.2. The maximum atomic E-state index is 12.7. The van der Waals surface area contributed by atoms with Gasteiger partial charge in [-0.2, -0.15) is 0 Å². The minimum Gasteiger partial charge on any atom is -0.338 e. The number of hydrogen-bond donors (Lipinski definition) is 1. The van der Waals surface area contributed by atoms with E-state index in [9.17, 15) is 4.79 Å². The lowest BCUT2D eigenvalue weighted by Crippen LogP contribution is -2.37. The van der Waals surface area contributed by atoms with Crippen molar-refractivity contribution in [1.29, 1.82) is 0 Å². The average molecular weight is 288 g/mol. The summed E-state index contributed by atoms with van der Waals surface area (Å²) in [4.78, 5) is 14.7. The van der Waals surface area contributed by atoms with Gasteiger partial charge in [-0.3, -0.25) is 4.79 Å². The first-order valence-corrected chi connectivity index (χ1v) is 8.21. The van der Waals surface area contributed by atoms with Gasteiger partial charge in [0.2, 0.25) is 5.91 Å². The van der Waals surface area contributed by atoms with Crippen LogP contribution in [0.25, 0.3) is 0 Å². The third-order valence-corrected chi connectivity index (χ3v) is 4.76. The molecule has 1 aliphatic carbocycles. The largest absolute Gasteiger partial charge is 0.338 e. The highest BCUT2D eigenvalue weighted by Gasteiger charge is 2.27. The molecule has 1 aliphatic rings. The molecule has 0 bridgehead atoms. The van der Waals surface area contributed by atoms with E-state index in [0.717, 1.165) is 30.9 Å². The summed E-state index contributed by atoms with van der Waals surface area (Å²) in [5.74, 6) is 1.34. The molecule has 1 aromatic rings. The molecule has 3 heteroatoms. The van der Waals surface area contributed by atoms with Gasteiger partial charge in [0, 0.05) is 25.6 Å². The Morgan fingerprint density at radius 3 is 2.38 bits per heavy atom. The van der Waals surface area contributed by atoms with Crippen LogP contribution >= 0.6 is 0 Å². The standard InChI is InChI=1S/C18H28N2O/c1-3-20(13-17-7-5-4-6-16(17)12-19)18(21)15-10-8-14(2)9-11-15/h4-7,14-15H,3,8-13,19H2,1-2H3. The predicted molar refractivity (Wildman–Crippen MR) is 86.5 cm³/mol. The first-order chi connectivity index (χ1) is 10.2. The molecule has 2 N–H and O–H groups in total. The van der Waals surface area contributed by atoms with Crippen LogP contribution in [0.3, 0.4) is 0 Å². The van der Waals surface area contributed by atoms with E-state index in [1.54, 1.807) is 0 Å². The zero-order valence-electron chi connectivity index (χ0n) is 13.3. The van der Waals surface area contributed by atoms with E-state index < -0.39 is 0 Å². The zero-order chi connectivity index (χ0) is 15.2. The number of nitrogens with zero attached hydrogens (tertiary/aromatic N) is 1. The SMILES string of the molecule is CCN(Cc1ccccc1CN)C(=O)C1CCC(C)CC1. The van der Waals surface area contributed by atoms with Gasteiger partial charge in [0.05, 0.1) is 0 Å². The Morgan fingerprint density at radius 1 is 1.19 bits per heavy atom. The molecule has 0 atom stereocenters. The number of nitrogens with two attached hydrogens (primary N) is 1. The molecule has 116 valence electrons. The summed E-state index contributed by atoms with van der Waals surface area (Å²) in [5, 5.41) is 0. The molecule has 0 spiro atoms. The molecule has 0 aromatic heterocycles. The lowest BCUT2D eigenvalue weighted by molar-refractivity contribution is -0.137. The topological polar surface area (TPSA) is 46.3 Å². The van der Waals surface area contributed by atoms with Crippen LogP contribution in [0.15, 0.2) is 24.3 Å². The number of amides is 1. The fourth-order valence-electron chi connectivity index (χ4n) is 3.23. The number of hydrogen-bond acceptors (Lipinski definition) is 2. The van der Waals surface area contributed by atoms with Crippen LogP contribution in [0.5, 0.6) is 0 Å². The lowest BCUT2D eigenvalue weighted by Gasteiger charge is -2.31. The summed E-state index contributed by atoms with van der Waals surface area (Å²) in [6, 6.07) is 8.17. The van der Waals surface area contributed by atoms with Gasteiger partial charge in [-0.1, -0.05) is 31.2 Å². The van der Waals surface area contributed by atoms with Crippen molar-refractivity contribution < 1.29 is 4.79 Å². The van der Waals surface area contributed by atoms with Crippen LogP contribution < -0.4 is 5.73 Å². The minimum atomic E-state index is 0.228. The second-order valence-electron chi connectivity index (χ2n) is 6.28. The Labute approximate surface area is 128 Å². The summed E-state index contributed by atoms with van der Waals surface area (Å²) in [7, 11) is 0. The van der Waals surface area contributed by atoms with Gasteiger partial charge in [-0.25, -0.2) is 0 Å². The summed E-state index contributed by atoms with van der Waals surface area (Å²) in [6.45, 7) is 6.34. The van der Waals surface area contributed by atoms with Gasteiger partial charge in [0.25, 0.3) is 0 Å². The Morgan fingerprint density at radius 2 is 1.81 bits per heavy atom. The van der Waals surface area contributed by atoms with Crippen LogP contribution in [-0.2, 0) is 17.9 Å². The molecule has 1 aromatic carbocycles. The Hall–Kier alpha value is -1.35. The third kappa shape index (κ3) is 4.07. The van der Waals surface area contributed by atoms with Gasteiger partial charge in [0.1, 0.15) is 0 Å². The maximum Gasteiger partial charge on any atom is 0.225 e. The van der Waals surface area contributed by atoms with Gasteiger partial charge in [-0.05, 0) is 49.7 Å². The van der Waals surface area contributed by atoms with Gasteiger partial charge >= 0.3 is 0 Å². The minimum absolute atomic E-state index is 0.228. The lowest BCUT2D eigenvalue weighted by atomic mass is 9.82. The van der Waals surface area contributed by atoms with Gasteiger partial charge < -0.3 is 10.6 Å². The van der Waals surface area contributed by atoms with E-state index in [2.05, 4.69) is 26.0 Å². The highest BCUT2D eigenvalue weighted by Crippen LogP contribution is 2.30. The van der Waals surface area contributed by atoms with Crippen molar-refractivity contribution >= 4 is 5.91 Å². The maximum absolute atomic E-state index is 12.7. The van der Waals surface area contributed by atoms with Crippen LogP contribution in [0.1, 0.15) is 50.7 Å². The van der Waals surface area contributed by atoms with Crippen molar-refractivity contribution in [1.82, 2.24) is 4.90 Å². The van der Waals surface area contributed by atoms with E-state index in [1.807, 2.05) is 17.0 Å². The zero-order valence-corrected chi connectivity index (χ0v) is 13.3. The van der Waals surface area contributed by atoms with E-state index in [4.69, 9.17) is 5.73 Å². The smallest absolute Gasteiger partial charge is 0.225 e. The third-order valence-electron chi connectivity index (χ3n) is 4.76. The molecule has 1 fully saturated rings. The quantitative estimate of drug-likeness (QED) is 0.903. The second kappa shape index (κ2) is 7.60. The molecule has 0 heterocycles. The molecular formula is C18H28N2O. The number of carbonyl (C=O) groups is 1. The van der Waals surface area contributed by atoms with Crippen molar-refractivity contribution in [2.24, 2.45) is 17.6 Å². The van der Waals surface area contributed by atoms with Crippen molar-refractivity contribution in [2.75, 3.05) is 6.54 Å². The van der Waals surface area contributed by atoms with Crippen molar-refractivity contribution in [3.05, 3.63) is 35.4 Å². The van der Waals surface area contributed by atoms with E-state index in [1.165, 1.54) is 18.4 Å². The second-order valence-corrected chi connectivity index (χ2v) is 6.28. The van der Waals surface area contributed by atoms with Crippen LogP contribution in [0, 0.1) is 11.8 Å².